The molecule has 1 aromatic rings. The third-order valence-electron chi connectivity index (χ3n) is 5.35. The highest BCUT2D eigenvalue weighted by Crippen LogP contribution is 2.36. The van der Waals surface area contributed by atoms with E-state index in [9.17, 15) is 19.5 Å². The molecular weight excluding hydrogens is 410 g/mol. The van der Waals surface area contributed by atoms with Crippen LogP contribution in [0, 0.1) is 5.92 Å². The Morgan fingerprint density at radius 1 is 0.938 bits per heavy atom. The third-order valence-corrected chi connectivity index (χ3v) is 5.35. The topological polar surface area (TPSA) is 102 Å². The van der Waals surface area contributed by atoms with E-state index in [-0.39, 0.29) is 18.3 Å². The lowest BCUT2D eigenvalue weighted by atomic mass is 9.78. The van der Waals surface area contributed by atoms with E-state index in [1.165, 1.54) is 5.56 Å². The largest absolute Gasteiger partial charge is 0.480 e. The summed E-state index contributed by atoms with van der Waals surface area (Å²) in [5, 5.41) is 11.9. The highest BCUT2D eigenvalue weighted by atomic mass is 16.6. The molecular formula is C25H37NO6. The van der Waals surface area contributed by atoms with E-state index in [4.69, 9.17) is 9.47 Å². The van der Waals surface area contributed by atoms with Crippen molar-refractivity contribution in [2.75, 3.05) is 0 Å². The monoisotopic (exact) mass is 447 g/mol. The van der Waals surface area contributed by atoms with Crippen molar-refractivity contribution in [3.8, 4) is 0 Å². The second kappa shape index (κ2) is 10.4. The minimum Gasteiger partial charge on any atom is -0.480 e. The molecule has 0 bridgehead atoms. The Kier molecular flexibility index (Phi) is 8.32. The van der Waals surface area contributed by atoms with Crippen LogP contribution < -0.4 is 5.32 Å². The molecule has 178 valence electrons. The molecule has 1 amide bonds. The molecule has 1 fully saturated rings. The smallest absolute Gasteiger partial charge is 0.408 e. The number of carbonyl (C=O) groups is 3. The van der Waals surface area contributed by atoms with E-state index in [2.05, 4.69) is 5.32 Å². The Hall–Kier alpha value is -2.57. The number of aliphatic carboxylic acids is 1. The van der Waals surface area contributed by atoms with Crippen molar-refractivity contribution in [2.24, 2.45) is 5.92 Å². The van der Waals surface area contributed by atoms with Crippen LogP contribution in [-0.2, 0) is 25.5 Å². The summed E-state index contributed by atoms with van der Waals surface area (Å²) < 4.78 is 10.7. The molecule has 0 heterocycles. The lowest BCUT2D eigenvalue weighted by Gasteiger charge is -2.30. The molecule has 1 aliphatic rings. The molecule has 0 aliphatic heterocycles. The lowest BCUT2D eigenvalue weighted by Crippen LogP contribution is -2.44. The molecule has 1 saturated carbocycles. The summed E-state index contributed by atoms with van der Waals surface area (Å²) in [5.74, 6) is -0.887. The van der Waals surface area contributed by atoms with Crippen molar-refractivity contribution >= 4 is 18.0 Å². The molecule has 7 heteroatoms. The van der Waals surface area contributed by atoms with Crippen molar-refractivity contribution in [1.82, 2.24) is 5.32 Å². The Morgan fingerprint density at radius 2 is 1.47 bits per heavy atom. The van der Waals surface area contributed by atoms with Gasteiger partial charge in [0.15, 0.2) is 0 Å². The van der Waals surface area contributed by atoms with Crippen LogP contribution in [0.2, 0.25) is 0 Å². The number of rotatable bonds is 6. The van der Waals surface area contributed by atoms with Gasteiger partial charge in [0.1, 0.15) is 17.2 Å². The zero-order valence-electron chi connectivity index (χ0n) is 20.1. The van der Waals surface area contributed by atoms with Gasteiger partial charge in [0.25, 0.3) is 0 Å². The van der Waals surface area contributed by atoms with Gasteiger partial charge in [0.2, 0.25) is 0 Å². The predicted octanol–water partition coefficient (Wildman–Crippen LogP) is 4.82. The molecule has 0 radical (unpaired) electrons. The maximum absolute atomic E-state index is 12.3. The minimum atomic E-state index is -1.11. The quantitative estimate of drug-likeness (QED) is 0.606. The van der Waals surface area contributed by atoms with Crippen molar-refractivity contribution in [3.05, 3.63) is 35.4 Å². The molecule has 1 atom stereocenters. The Bertz CT molecular complexity index is 795. The number of alkyl carbamates (subject to hydrolysis) is 1. The maximum Gasteiger partial charge on any atom is 0.408 e. The summed E-state index contributed by atoms with van der Waals surface area (Å²) >= 11 is 0. The number of nitrogens with one attached hydrogen (secondary N) is 1. The van der Waals surface area contributed by atoms with E-state index in [1.807, 2.05) is 45.0 Å². The first-order chi connectivity index (χ1) is 14.7. The van der Waals surface area contributed by atoms with Crippen LogP contribution in [0.3, 0.4) is 0 Å². The molecule has 2 N–H and O–H groups in total. The lowest BCUT2D eigenvalue weighted by molar-refractivity contribution is -0.161. The van der Waals surface area contributed by atoms with Gasteiger partial charge in [-0.3, -0.25) is 4.79 Å². The predicted molar refractivity (Wildman–Crippen MR) is 121 cm³/mol. The van der Waals surface area contributed by atoms with Crippen LogP contribution >= 0.6 is 0 Å². The van der Waals surface area contributed by atoms with Gasteiger partial charge in [-0.15, -0.1) is 0 Å². The fourth-order valence-electron chi connectivity index (χ4n) is 3.86. The van der Waals surface area contributed by atoms with Gasteiger partial charge in [-0.1, -0.05) is 24.3 Å². The zero-order valence-corrected chi connectivity index (χ0v) is 20.1. The summed E-state index contributed by atoms with van der Waals surface area (Å²) in [5.41, 5.74) is 0.843. The molecule has 1 aliphatic carbocycles. The average molecular weight is 448 g/mol. The number of hydrogen-bond donors (Lipinski definition) is 2. The van der Waals surface area contributed by atoms with E-state index in [1.54, 1.807) is 20.8 Å². The SMILES string of the molecule is CC(C)(C)OC(=O)NC(Cc1ccc(C2CCC(C(=O)OC(C)(C)C)CC2)cc1)C(=O)O. The number of carboxylic acids is 1. The molecule has 0 saturated heterocycles. The fourth-order valence-corrected chi connectivity index (χ4v) is 3.86. The minimum absolute atomic E-state index is 0.0417. The van der Waals surface area contributed by atoms with Gasteiger partial charge in [-0.05, 0) is 84.3 Å². The third kappa shape index (κ3) is 8.52. The van der Waals surface area contributed by atoms with Crippen molar-refractivity contribution < 1.29 is 29.0 Å². The van der Waals surface area contributed by atoms with E-state index < -0.39 is 29.3 Å². The molecule has 2 rings (SSSR count). The van der Waals surface area contributed by atoms with Crippen LogP contribution in [0.5, 0.6) is 0 Å². The number of amides is 1. The van der Waals surface area contributed by atoms with Crippen molar-refractivity contribution in [2.45, 2.75) is 96.8 Å². The number of ether oxygens (including phenoxy) is 2. The Balaban J connectivity index is 1.92. The molecule has 7 nitrogen and oxygen atoms in total. The van der Waals surface area contributed by atoms with Crippen LogP contribution in [0.1, 0.15) is 84.3 Å². The Labute approximate surface area is 190 Å². The van der Waals surface area contributed by atoms with Gasteiger partial charge in [0, 0.05) is 6.42 Å². The highest BCUT2D eigenvalue weighted by Gasteiger charge is 2.30. The summed E-state index contributed by atoms with van der Waals surface area (Å²) in [6, 6.07) is 6.77. The van der Waals surface area contributed by atoms with E-state index >= 15 is 0 Å². The number of esters is 1. The summed E-state index contributed by atoms with van der Waals surface area (Å²) in [6.45, 7) is 10.8. The van der Waals surface area contributed by atoms with Gasteiger partial charge in [-0.25, -0.2) is 9.59 Å². The van der Waals surface area contributed by atoms with Crippen LogP contribution in [0.4, 0.5) is 4.79 Å². The summed E-state index contributed by atoms with van der Waals surface area (Å²) in [7, 11) is 0. The number of hydrogen-bond acceptors (Lipinski definition) is 5. The van der Waals surface area contributed by atoms with Gasteiger partial charge >= 0.3 is 18.0 Å². The second-order valence-electron chi connectivity index (χ2n) is 10.6. The molecule has 1 aromatic carbocycles. The van der Waals surface area contributed by atoms with E-state index in [0.29, 0.717) is 5.92 Å². The van der Waals surface area contributed by atoms with Crippen molar-refractivity contribution in [1.29, 1.82) is 0 Å². The van der Waals surface area contributed by atoms with Crippen LogP contribution in [0.25, 0.3) is 0 Å². The first-order valence-corrected chi connectivity index (χ1v) is 11.3. The van der Waals surface area contributed by atoms with Crippen LogP contribution in [-0.4, -0.2) is 40.4 Å². The zero-order chi connectivity index (χ0) is 24.1. The van der Waals surface area contributed by atoms with Crippen LogP contribution in [0.15, 0.2) is 24.3 Å². The normalized spacial score (nSPS) is 20.2. The molecule has 1 unspecified atom stereocenters. The first-order valence-electron chi connectivity index (χ1n) is 11.3. The fraction of sp³-hybridized carbons (Fsp3) is 0.640. The Morgan fingerprint density at radius 3 is 1.94 bits per heavy atom. The highest BCUT2D eigenvalue weighted by molar-refractivity contribution is 5.80. The standard InChI is InChI=1S/C25H37NO6/c1-24(2,3)31-22(29)19-13-11-18(12-14-19)17-9-7-16(8-10-17)15-20(21(27)28)26-23(30)32-25(4,5)6/h7-10,18-20H,11-15H2,1-6H3,(H,26,30)(H,27,28). The van der Waals surface area contributed by atoms with E-state index in [0.717, 1.165) is 31.2 Å². The van der Waals surface area contributed by atoms with Gasteiger partial charge in [0.05, 0.1) is 5.92 Å². The molecule has 0 spiro atoms. The molecule has 0 aromatic heterocycles. The van der Waals surface area contributed by atoms with Gasteiger partial charge in [-0.2, -0.15) is 0 Å². The van der Waals surface area contributed by atoms with Gasteiger partial charge < -0.3 is 19.9 Å². The maximum atomic E-state index is 12.3. The number of carboxylic acid groups (broad SMARTS) is 1. The second-order valence-corrected chi connectivity index (χ2v) is 10.6. The molecule has 32 heavy (non-hydrogen) atoms. The number of carbonyl (C=O) groups excluding carboxylic acids is 2. The summed E-state index contributed by atoms with van der Waals surface area (Å²) in [4.78, 5) is 35.8. The van der Waals surface area contributed by atoms with Crippen molar-refractivity contribution in [3.63, 3.8) is 0 Å². The number of benzene rings is 1. The summed E-state index contributed by atoms with van der Waals surface area (Å²) in [6.07, 6.45) is 2.87. The average Bonchev–Trinajstić information content (AvgIpc) is 2.65. The first kappa shape index (κ1) is 25.7.